The van der Waals surface area contributed by atoms with E-state index in [0.717, 1.165) is 24.3 Å². The molecule has 1 N–H and O–H groups in total. The molecular formula is C14H18N2O2. The first kappa shape index (κ1) is 12.6. The van der Waals surface area contributed by atoms with Crippen molar-refractivity contribution < 1.29 is 9.59 Å². The molecule has 1 aliphatic heterocycles. The Morgan fingerprint density at radius 2 is 2.17 bits per heavy atom. The first-order valence-electron chi connectivity index (χ1n) is 6.36. The van der Waals surface area contributed by atoms with Gasteiger partial charge in [0.15, 0.2) is 0 Å². The lowest BCUT2D eigenvalue weighted by Crippen LogP contribution is -2.38. The van der Waals surface area contributed by atoms with Gasteiger partial charge in [0.25, 0.3) is 0 Å². The number of Topliss-reactive ketones (excluding diaryl/α,β-unsaturated/α-hetero) is 1. The highest BCUT2D eigenvalue weighted by Gasteiger charge is 2.20. The Hall–Kier alpha value is -1.84. The van der Waals surface area contributed by atoms with Crippen molar-refractivity contribution in [1.82, 2.24) is 0 Å². The standard InChI is InChI=1S/C14H18N2O2/c1-2-11(17)6-5-9-16-10-14(18)15-12-7-3-4-8-13(12)16/h3-4,7-8H,2,5-6,9-10H2,1H3,(H,15,18). The monoisotopic (exact) mass is 246 g/mol. The summed E-state index contributed by atoms with van der Waals surface area (Å²) in [6.45, 7) is 3.00. The lowest BCUT2D eigenvalue weighted by molar-refractivity contribution is -0.118. The van der Waals surface area contributed by atoms with E-state index in [-0.39, 0.29) is 11.7 Å². The summed E-state index contributed by atoms with van der Waals surface area (Å²) < 4.78 is 0. The third-order valence-corrected chi connectivity index (χ3v) is 3.13. The molecule has 0 aliphatic carbocycles. The maximum Gasteiger partial charge on any atom is 0.243 e. The second-order valence-electron chi connectivity index (χ2n) is 4.48. The Balaban J connectivity index is 2.00. The van der Waals surface area contributed by atoms with E-state index in [1.165, 1.54) is 0 Å². The molecule has 1 aliphatic rings. The molecule has 1 heterocycles. The summed E-state index contributed by atoms with van der Waals surface area (Å²) in [6, 6.07) is 7.76. The molecule has 0 spiro atoms. The van der Waals surface area contributed by atoms with Gasteiger partial charge in [-0.2, -0.15) is 0 Å². The van der Waals surface area contributed by atoms with Crippen molar-refractivity contribution in [3.05, 3.63) is 24.3 Å². The zero-order valence-electron chi connectivity index (χ0n) is 10.6. The van der Waals surface area contributed by atoms with Gasteiger partial charge in [-0.25, -0.2) is 0 Å². The predicted octanol–water partition coefficient (Wildman–Crippen LogP) is 2.20. The highest BCUT2D eigenvalue weighted by Crippen LogP contribution is 2.28. The van der Waals surface area contributed by atoms with Crippen LogP contribution in [0.4, 0.5) is 11.4 Å². The molecule has 0 radical (unpaired) electrons. The van der Waals surface area contributed by atoms with Crippen molar-refractivity contribution in [2.45, 2.75) is 26.2 Å². The van der Waals surface area contributed by atoms with Gasteiger partial charge in [-0.05, 0) is 18.6 Å². The van der Waals surface area contributed by atoms with E-state index in [9.17, 15) is 9.59 Å². The Bertz CT molecular complexity index is 457. The van der Waals surface area contributed by atoms with E-state index in [1.54, 1.807) is 0 Å². The highest BCUT2D eigenvalue weighted by atomic mass is 16.2. The molecule has 0 atom stereocenters. The van der Waals surface area contributed by atoms with Gasteiger partial charge >= 0.3 is 0 Å². The number of rotatable bonds is 5. The second-order valence-corrected chi connectivity index (χ2v) is 4.48. The van der Waals surface area contributed by atoms with Gasteiger partial charge in [0, 0.05) is 19.4 Å². The zero-order chi connectivity index (χ0) is 13.0. The van der Waals surface area contributed by atoms with Gasteiger partial charge in [-0.3, -0.25) is 9.59 Å². The molecule has 1 amide bonds. The van der Waals surface area contributed by atoms with Crippen molar-refractivity contribution in [3.63, 3.8) is 0 Å². The van der Waals surface area contributed by atoms with Crippen molar-refractivity contribution in [3.8, 4) is 0 Å². The number of nitrogens with zero attached hydrogens (tertiary/aromatic N) is 1. The Morgan fingerprint density at radius 1 is 1.39 bits per heavy atom. The Labute approximate surface area is 107 Å². The minimum absolute atomic E-state index is 0.00974. The van der Waals surface area contributed by atoms with Crippen LogP contribution in [0.25, 0.3) is 0 Å². The van der Waals surface area contributed by atoms with Gasteiger partial charge in [-0.15, -0.1) is 0 Å². The normalized spacial score (nSPS) is 14.1. The molecule has 2 rings (SSSR count). The quantitative estimate of drug-likeness (QED) is 0.866. The second kappa shape index (κ2) is 5.67. The molecule has 96 valence electrons. The van der Waals surface area contributed by atoms with Crippen LogP contribution < -0.4 is 10.2 Å². The minimum Gasteiger partial charge on any atom is -0.361 e. The number of benzene rings is 1. The summed E-state index contributed by atoms with van der Waals surface area (Å²) in [5.41, 5.74) is 1.90. The third-order valence-electron chi connectivity index (χ3n) is 3.13. The molecule has 0 fully saturated rings. The molecule has 0 unspecified atom stereocenters. The molecule has 0 bridgehead atoms. The average molecular weight is 246 g/mol. The van der Waals surface area contributed by atoms with E-state index >= 15 is 0 Å². The fourth-order valence-corrected chi connectivity index (χ4v) is 2.15. The van der Waals surface area contributed by atoms with Crippen LogP contribution in [-0.4, -0.2) is 24.8 Å². The lowest BCUT2D eigenvalue weighted by Gasteiger charge is -2.30. The van der Waals surface area contributed by atoms with Crippen LogP contribution in [0.15, 0.2) is 24.3 Å². The summed E-state index contributed by atoms with van der Waals surface area (Å²) in [5, 5.41) is 2.85. The average Bonchev–Trinajstić information content (AvgIpc) is 2.38. The minimum atomic E-state index is 0.00974. The molecule has 18 heavy (non-hydrogen) atoms. The topological polar surface area (TPSA) is 49.4 Å². The van der Waals surface area contributed by atoms with E-state index in [0.29, 0.717) is 19.4 Å². The van der Waals surface area contributed by atoms with E-state index in [4.69, 9.17) is 0 Å². The van der Waals surface area contributed by atoms with Crippen LogP contribution in [0.1, 0.15) is 26.2 Å². The van der Waals surface area contributed by atoms with Crippen molar-refractivity contribution in [2.75, 3.05) is 23.3 Å². The molecular weight excluding hydrogens is 228 g/mol. The summed E-state index contributed by atoms with van der Waals surface area (Å²) in [7, 11) is 0. The SMILES string of the molecule is CCC(=O)CCCN1CC(=O)Nc2ccccc21. The number of hydrogen-bond acceptors (Lipinski definition) is 3. The van der Waals surface area contributed by atoms with Gasteiger partial charge in [0.1, 0.15) is 5.78 Å². The molecule has 0 aromatic heterocycles. The third kappa shape index (κ3) is 2.88. The maximum atomic E-state index is 11.6. The molecule has 0 saturated carbocycles. The number of carbonyl (C=O) groups excluding carboxylic acids is 2. The number of nitrogens with one attached hydrogen (secondary N) is 1. The number of carbonyl (C=O) groups is 2. The summed E-state index contributed by atoms with van der Waals surface area (Å²) >= 11 is 0. The van der Waals surface area contributed by atoms with Crippen molar-refractivity contribution in [1.29, 1.82) is 0 Å². The fourth-order valence-electron chi connectivity index (χ4n) is 2.15. The summed E-state index contributed by atoms with van der Waals surface area (Å²) in [6.07, 6.45) is 1.99. The predicted molar refractivity (Wildman–Crippen MR) is 71.8 cm³/mol. The van der Waals surface area contributed by atoms with Gasteiger partial charge in [-0.1, -0.05) is 19.1 Å². The van der Waals surface area contributed by atoms with Crippen LogP contribution in [0, 0.1) is 0 Å². The fraction of sp³-hybridized carbons (Fsp3) is 0.429. The number of hydrogen-bond donors (Lipinski definition) is 1. The first-order chi connectivity index (χ1) is 8.70. The number of ketones is 1. The van der Waals surface area contributed by atoms with Crippen LogP contribution in [0.5, 0.6) is 0 Å². The maximum absolute atomic E-state index is 11.6. The molecule has 4 nitrogen and oxygen atoms in total. The number of fused-ring (bicyclic) bond motifs is 1. The number of anilines is 2. The van der Waals surface area contributed by atoms with Crippen LogP contribution in [-0.2, 0) is 9.59 Å². The van der Waals surface area contributed by atoms with E-state index in [1.807, 2.05) is 36.1 Å². The van der Waals surface area contributed by atoms with Crippen molar-refractivity contribution >= 4 is 23.1 Å². The zero-order valence-corrected chi connectivity index (χ0v) is 10.6. The van der Waals surface area contributed by atoms with Crippen LogP contribution in [0.2, 0.25) is 0 Å². The highest BCUT2D eigenvalue weighted by molar-refractivity contribution is 6.01. The smallest absolute Gasteiger partial charge is 0.243 e. The largest absolute Gasteiger partial charge is 0.361 e. The molecule has 4 heteroatoms. The Morgan fingerprint density at radius 3 is 2.94 bits per heavy atom. The van der Waals surface area contributed by atoms with Gasteiger partial charge in [0.2, 0.25) is 5.91 Å². The van der Waals surface area contributed by atoms with E-state index in [2.05, 4.69) is 5.32 Å². The summed E-state index contributed by atoms with van der Waals surface area (Å²) in [5.74, 6) is 0.292. The van der Waals surface area contributed by atoms with E-state index < -0.39 is 0 Å². The lowest BCUT2D eigenvalue weighted by atomic mass is 10.1. The Kier molecular flexibility index (Phi) is 3.97. The number of para-hydroxylation sites is 2. The van der Waals surface area contributed by atoms with Crippen LogP contribution in [0.3, 0.4) is 0 Å². The molecule has 1 aromatic rings. The van der Waals surface area contributed by atoms with Gasteiger partial charge in [0.05, 0.1) is 17.9 Å². The molecule has 0 saturated heterocycles. The first-order valence-corrected chi connectivity index (χ1v) is 6.36. The number of amides is 1. The van der Waals surface area contributed by atoms with Crippen molar-refractivity contribution in [2.24, 2.45) is 0 Å². The molecule has 1 aromatic carbocycles. The van der Waals surface area contributed by atoms with Crippen LogP contribution >= 0.6 is 0 Å². The summed E-state index contributed by atoms with van der Waals surface area (Å²) in [4.78, 5) is 24.9. The van der Waals surface area contributed by atoms with Gasteiger partial charge < -0.3 is 10.2 Å².